The van der Waals surface area contributed by atoms with Gasteiger partial charge in [-0.1, -0.05) is 17.7 Å². The third-order valence-electron chi connectivity index (χ3n) is 3.76. The van der Waals surface area contributed by atoms with Gasteiger partial charge >= 0.3 is 0 Å². The number of nitrogens with zero attached hydrogens (tertiary/aromatic N) is 2. The molecule has 1 aromatic rings. The number of nitrogens with two attached hydrogens (primary N) is 1. The molecule has 1 fully saturated rings. The highest BCUT2D eigenvalue weighted by Crippen LogP contribution is 2.11. The molecule has 2 rings (SSSR count). The van der Waals surface area contributed by atoms with Crippen LogP contribution in [-0.4, -0.2) is 54.3 Å². The van der Waals surface area contributed by atoms with Gasteiger partial charge in [-0.15, -0.1) is 12.4 Å². The van der Waals surface area contributed by atoms with Crippen molar-refractivity contribution in [3.8, 4) is 0 Å². The normalized spacial score (nSPS) is 15.0. The Kier molecular flexibility index (Phi) is 7.35. The maximum absolute atomic E-state index is 12.5. The number of amides is 2. The van der Waals surface area contributed by atoms with Gasteiger partial charge in [0.05, 0.1) is 0 Å². The average Bonchev–Trinajstić information content (AvgIpc) is 2.72. The SMILES string of the molecule is Cc1cccc(C(=O)N2CCCN(C(=O)CCN)CC2)c1.Cl. The second-order valence-corrected chi connectivity index (χ2v) is 5.43. The number of hydrogen-bond acceptors (Lipinski definition) is 3. The molecule has 1 aliphatic rings. The smallest absolute Gasteiger partial charge is 0.253 e. The Morgan fingerprint density at radius 2 is 1.82 bits per heavy atom. The van der Waals surface area contributed by atoms with Crippen LogP contribution in [0.15, 0.2) is 24.3 Å². The van der Waals surface area contributed by atoms with Crippen LogP contribution in [0.4, 0.5) is 0 Å². The zero-order valence-corrected chi connectivity index (χ0v) is 13.8. The first-order chi connectivity index (χ1) is 10.1. The highest BCUT2D eigenvalue weighted by atomic mass is 35.5. The summed E-state index contributed by atoms with van der Waals surface area (Å²) in [5.74, 6) is 0.133. The molecule has 0 radical (unpaired) electrons. The van der Waals surface area contributed by atoms with Gasteiger partial charge in [0, 0.05) is 44.7 Å². The van der Waals surface area contributed by atoms with E-state index in [1.54, 1.807) is 0 Å². The molecule has 0 atom stereocenters. The molecule has 0 bridgehead atoms. The lowest BCUT2D eigenvalue weighted by Crippen LogP contribution is -2.37. The standard InChI is InChI=1S/C16H23N3O2.ClH/c1-13-4-2-5-14(12-13)16(21)19-9-3-8-18(10-11-19)15(20)6-7-17;/h2,4-5,12H,3,6-11,17H2,1H3;1H. The van der Waals surface area contributed by atoms with Gasteiger partial charge in [-0.2, -0.15) is 0 Å². The van der Waals surface area contributed by atoms with Gasteiger partial charge in [0.25, 0.3) is 5.91 Å². The fraction of sp³-hybridized carbons (Fsp3) is 0.500. The molecule has 6 heteroatoms. The van der Waals surface area contributed by atoms with Crippen molar-refractivity contribution in [3.63, 3.8) is 0 Å². The highest BCUT2D eigenvalue weighted by Gasteiger charge is 2.22. The van der Waals surface area contributed by atoms with Gasteiger partial charge in [-0.05, 0) is 25.5 Å². The van der Waals surface area contributed by atoms with Gasteiger partial charge in [0.2, 0.25) is 5.91 Å². The van der Waals surface area contributed by atoms with E-state index in [0.717, 1.165) is 17.5 Å². The molecular weight excluding hydrogens is 302 g/mol. The summed E-state index contributed by atoms with van der Waals surface area (Å²) in [7, 11) is 0. The first-order valence-electron chi connectivity index (χ1n) is 7.45. The van der Waals surface area contributed by atoms with Crippen molar-refractivity contribution in [2.45, 2.75) is 19.8 Å². The second-order valence-electron chi connectivity index (χ2n) is 5.43. The van der Waals surface area contributed by atoms with Crippen molar-refractivity contribution < 1.29 is 9.59 Å². The van der Waals surface area contributed by atoms with Gasteiger partial charge < -0.3 is 15.5 Å². The van der Waals surface area contributed by atoms with E-state index >= 15 is 0 Å². The van der Waals surface area contributed by atoms with E-state index in [2.05, 4.69) is 0 Å². The molecule has 2 N–H and O–H groups in total. The van der Waals surface area contributed by atoms with Crippen LogP contribution >= 0.6 is 12.4 Å². The predicted octanol–water partition coefficient (Wildman–Crippen LogP) is 1.44. The maximum Gasteiger partial charge on any atom is 0.253 e. The van der Waals surface area contributed by atoms with E-state index in [9.17, 15) is 9.59 Å². The average molecular weight is 326 g/mol. The summed E-state index contributed by atoms with van der Waals surface area (Å²) in [6.45, 7) is 4.93. The van der Waals surface area contributed by atoms with E-state index in [0.29, 0.717) is 39.1 Å². The highest BCUT2D eigenvalue weighted by molar-refractivity contribution is 5.94. The van der Waals surface area contributed by atoms with E-state index in [4.69, 9.17) is 5.73 Å². The topological polar surface area (TPSA) is 66.6 Å². The summed E-state index contributed by atoms with van der Waals surface area (Å²) in [6, 6.07) is 7.63. The van der Waals surface area contributed by atoms with Crippen LogP contribution in [0.25, 0.3) is 0 Å². The van der Waals surface area contributed by atoms with Crippen LogP contribution in [-0.2, 0) is 4.79 Å². The Morgan fingerprint density at radius 1 is 1.14 bits per heavy atom. The van der Waals surface area contributed by atoms with Crippen molar-refractivity contribution in [2.24, 2.45) is 5.73 Å². The fourth-order valence-corrected chi connectivity index (χ4v) is 2.61. The number of aryl methyl sites for hydroxylation is 1. The molecule has 0 spiro atoms. The minimum atomic E-state index is 0. The Hall–Kier alpha value is -1.59. The number of hydrogen-bond donors (Lipinski definition) is 1. The number of rotatable bonds is 3. The summed E-state index contributed by atoms with van der Waals surface area (Å²) in [4.78, 5) is 28.0. The van der Waals surface area contributed by atoms with E-state index < -0.39 is 0 Å². The largest absolute Gasteiger partial charge is 0.341 e. The summed E-state index contributed by atoms with van der Waals surface area (Å²) in [5.41, 5.74) is 7.23. The summed E-state index contributed by atoms with van der Waals surface area (Å²) >= 11 is 0. The summed E-state index contributed by atoms with van der Waals surface area (Å²) < 4.78 is 0. The Balaban J connectivity index is 0.00000242. The second kappa shape index (κ2) is 8.76. The van der Waals surface area contributed by atoms with E-state index in [1.165, 1.54) is 0 Å². The molecule has 0 aromatic heterocycles. The van der Waals surface area contributed by atoms with Crippen LogP contribution < -0.4 is 5.73 Å². The van der Waals surface area contributed by atoms with Gasteiger partial charge in [0.1, 0.15) is 0 Å². The fourth-order valence-electron chi connectivity index (χ4n) is 2.61. The molecule has 122 valence electrons. The lowest BCUT2D eigenvalue weighted by Gasteiger charge is -2.22. The number of benzene rings is 1. The first kappa shape index (κ1) is 18.5. The lowest BCUT2D eigenvalue weighted by atomic mass is 10.1. The van der Waals surface area contributed by atoms with Crippen molar-refractivity contribution in [2.75, 3.05) is 32.7 Å². The number of halogens is 1. The third kappa shape index (κ3) is 4.71. The van der Waals surface area contributed by atoms with Crippen molar-refractivity contribution in [1.82, 2.24) is 9.80 Å². The summed E-state index contributed by atoms with van der Waals surface area (Å²) in [6.07, 6.45) is 1.19. The molecule has 5 nitrogen and oxygen atoms in total. The van der Waals surface area contributed by atoms with Crippen LogP contribution in [0.5, 0.6) is 0 Å². The predicted molar refractivity (Wildman–Crippen MR) is 89.2 cm³/mol. The Morgan fingerprint density at radius 3 is 2.50 bits per heavy atom. The quantitative estimate of drug-likeness (QED) is 0.914. The molecule has 1 aromatic carbocycles. The molecule has 0 aliphatic carbocycles. The molecule has 1 saturated heterocycles. The molecule has 2 amide bonds. The monoisotopic (exact) mass is 325 g/mol. The number of carbonyl (C=O) groups is 2. The zero-order chi connectivity index (χ0) is 15.2. The molecule has 1 heterocycles. The van der Waals surface area contributed by atoms with Crippen LogP contribution in [0.2, 0.25) is 0 Å². The van der Waals surface area contributed by atoms with Gasteiger partial charge in [-0.25, -0.2) is 0 Å². The minimum Gasteiger partial charge on any atom is -0.341 e. The Labute approximate surface area is 137 Å². The van der Waals surface area contributed by atoms with Crippen LogP contribution in [0.3, 0.4) is 0 Å². The lowest BCUT2D eigenvalue weighted by molar-refractivity contribution is -0.130. The molecule has 0 saturated carbocycles. The first-order valence-corrected chi connectivity index (χ1v) is 7.45. The third-order valence-corrected chi connectivity index (χ3v) is 3.76. The van der Waals surface area contributed by atoms with Crippen LogP contribution in [0, 0.1) is 6.92 Å². The van der Waals surface area contributed by atoms with Crippen molar-refractivity contribution >= 4 is 24.2 Å². The molecular formula is C16H24ClN3O2. The maximum atomic E-state index is 12.5. The van der Waals surface area contributed by atoms with E-state index in [1.807, 2.05) is 41.0 Å². The summed E-state index contributed by atoms with van der Waals surface area (Å²) in [5, 5.41) is 0. The molecule has 0 unspecified atom stereocenters. The van der Waals surface area contributed by atoms with Crippen molar-refractivity contribution in [1.29, 1.82) is 0 Å². The minimum absolute atomic E-state index is 0. The molecule has 22 heavy (non-hydrogen) atoms. The van der Waals surface area contributed by atoms with E-state index in [-0.39, 0.29) is 24.2 Å². The Bertz CT molecular complexity index is 522. The van der Waals surface area contributed by atoms with Crippen LogP contribution in [0.1, 0.15) is 28.8 Å². The van der Waals surface area contributed by atoms with Gasteiger partial charge in [0.15, 0.2) is 0 Å². The zero-order valence-electron chi connectivity index (χ0n) is 13.0. The van der Waals surface area contributed by atoms with Crippen molar-refractivity contribution in [3.05, 3.63) is 35.4 Å². The molecule has 1 aliphatic heterocycles. The number of carbonyl (C=O) groups excluding carboxylic acids is 2. The van der Waals surface area contributed by atoms with Gasteiger partial charge in [-0.3, -0.25) is 9.59 Å².